The van der Waals surface area contributed by atoms with Crippen LogP contribution >= 0.6 is 11.6 Å². The van der Waals surface area contributed by atoms with Crippen LogP contribution in [0.25, 0.3) is 0 Å². The highest BCUT2D eigenvalue weighted by Gasteiger charge is 2.34. The third-order valence-electron chi connectivity index (χ3n) is 3.33. The van der Waals surface area contributed by atoms with Crippen molar-refractivity contribution in [2.24, 2.45) is 0 Å². The molecule has 0 bridgehead atoms. The molecule has 19 heavy (non-hydrogen) atoms. The van der Waals surface area contributed by atoms with Crippen LogP contribution in [0, 0.1) is 0 Å². The zero-order valence-corrected chi connectivity index (χ0v) is 12.2. The van der Waals surface area contributed by atoms with Gasteiger partial charge in [-0.05, 0) is 38.3 Å². The van der Waals surface area contributed by atoms with Gasteiger partial charge in [0.1, 0.15) is 6.10 Å². The van der Waals surface area contributed by atoms with E-state index in [-0.39, 0.29) is 12.0 Å². The van der Waals surface area contributed by atoms with Gasteiger partial charge in [0.2, 0.25) is 0 Å². The number of hydrogen-bond donors (Lipinski definition) is 0. The van der Waals surface area contributed by atoms with Gasteiger partial charge in [-0.2, -0.15) is 0 Å². The largest absolute Gasteiger partial charge is 0.369 e. The average Bonchev–Trinajstić information content (AvgIpc) is 3.21. The fraction of sp³-hybridized carbons (Fsp3) is 0.533. The molecule has 2 rings (SSSR count). The van der Waals surface area contributed by atoms with Crippen molar-refractivity contribution in [1.82, 2.24) is 4.90 Å². The maximum atomic E-state index is 12.4. The van der Waals surface area contributed by atoms with E-state index in [4.69, 9.17) is 16.3 Å². The molecule has 0 N–H and O–H groups in total. The van der Waals surface area contributed by atoms with E-state index in [0.29, 0.717) is 24.2 Å². The minimum atomic E-state index is -0.381. The first-order chi connectivity index (χ1) is 9.13. The first-order valence-electron chi connectivity index (χ1n) is 6.79. The summed E-state index contributed by atoms with van der Waals surface area (Å²) in [4.78, 5) is 14.3. The van der Waals surface area contributed by atoms with Crippen molar-refractivity contribution >= 4 is 17.5 Å². The van der Waals surface area contributed by atoms with Gasteiger partial charge in [0.05, 0.1) is 0 Å². The van der Waals surface area contributed by atoms with Crippen LogP contribution in [0.2, 0.25) is 5.02 Å². The van der Waals surface area contributed by atoms with Crippen molar-refractivity contribution in [2.45, 2.75) is 45.4 Å². The van der Waals surface area contributed by atoms with Crippen molar-refractivity contribution in [3.8, 4) is 0 Å². The molecule has 1 aliphatic carbocycles. The normalized spacial score (nSPS) is 16.2. The monoisotopic (exact) mass is 281 g/mol. The van der Waals surface area contributed by atoms with E-state index in [1.54, 1.807) is 0 Å². The third kappa shape index (κ3) is 3.71. The maximum Gasteiger partial charge on any atom is 0.251 e. The molecule has 1 aromatic carbocycles. The van der Waals surface area contributed by atoms with Gasteiger partial charge in [-0.15, -0.1) is 0 Å². The molecule has 1 aromatic rings. The molecule has 3 nitrogen and oxygen atoms in total. The van der Waals surface area contributed by atoms with Gasteiger partial charge in [0, 0.05) is 24.2 Å². The number of amides is 1. The lowest BCUT2D eigenvalue weighted by Gasteiger charge is -2.26. The van der Waals surface area contributed by atoms with Gasteiger partial charge < -0.3 is 9.64 Å². The summed E-state index contributed by atoms with van der Waals surface area (Å²) >= 11 is 6.17. The van der Waals surface area contributed by atoms with Gasteiger partial charge in [-0.25, -0.2) is 0 Å². The molecule has 0 aromatic heterocycles. The van der Waals surface area contributed by atoms with E-state index >= 15 is 0 Å². The summed E-state index contributed by atoms with van der Waals surface area (Å²) < 4.78 is 5.41. The highest BCUT2D eigenvalue weighted by atomic mass is 35.5. The Morgan fingerprint density at radius 2 is 2.16 bits per heavy atom. The van der Waals surface area contributed by atoms with Crippen LogP contribution < -0.4 is 0 Å². The first-order valence-corrected chi connectivity index (χ1v) is 7.16. The molecule has 0 spiro atoms. The van der Waals surface area contributed by atoms with Gasteiger partial charge >= 0.3 is 0 Å². The lowest BCUT2D eigenvalue weighted by molar-refractivity contribution is -0.143. The van der Waals surface area contributed by atoms with E-state index in [1.807, 2.05) is 43.0 Å². The molecule has 0 radical (unpaired) electrons. The Morgan fingerprint density at radius 3 is 2.74 bits per heavy atom. The second-order valence-corrected chi connectivity index (χ2v) is 5.29. The fourth-order valence-electron chi connectivity index (χ4n) is 2.14. The maximum absolute atomic E-state index is 12.4. The van der Waals surface area contributed by atoms with Crippen LogP contribution in [0.5, 0.6) is 0 Å². The van der Waals surface area contributed by atoms with Crippen LogP contribution in [-0.4, -0.2) is 29.6 Å². The topological polar surface area (TPSA) is 29.5 Å². The molecule has 1 atom stereocenters. The van der Waals surface area contributed by atoms with Crippen LogP contribution in [0.4, 0.5) is 0 Å². The summed E-state index contributed by atoms with van der Waals surface area (Å²) in [7, 11) is 0. The van der Waals surface area contributed by atoms with E-state index in [1.165, 1.54) is 0 Å². The number of rotatable bonds is 6. The van der Waals surface area contributed by atoms with Gasteiger partial charge in [0.15, 0.2) is 0 Å². The van der Waals surface area contributed by atoms with Crippen LogP contribution in [0.15, 0.2) is 24.3 Å². The molecule has 1 aliphatic rings. The van der Waals surface area contributed by atoms with E-state index in [9.17, 15) is 4.79 Å². The Balaban J connectivity index is 2.08. The quantitative estimate of drug-likeness (QED) is 0.801. The number of hydrogen-bond acceptors (Lipinski definition) is 2. The average molecular weight is 282 g/mol. The second kappa shape index (κ2) is 6.40. The Hall–Kier alpha value is -1.06. The smallest absolute Gasteiger partial charge is 0.251 e. The molecule has 0 heterocycles. The van der Waals surface area contributed by atoms with Crippen molar-refractivity contribution < 1.29 is 9.53 Å². The van der Waals surface area contributed by atoms with Gasteiger partial charge in [0.25, 0.3) is 5.91 Å². The SMILES string of the molecule is CCO[C@@H](C)C(=O)N(Cc1ccccc1Cl)C1CC1. The molecule has 1 fully saturated rings. The summed E-state index contributed by atoms with van der Waals surface area (Å²) in [5.74, 6) is 0.0595. The minimum absolute atomic E-state index is 0.0595. The number of ether oxygens (including phenoxy) is 1. The number of carbonyl (C=O) groups is 1. The Morgan fingerprint density at radius 1 is 1.47 bits per heavy atom. The number of halogens is 1. The summed E-state index contributed by atoms with van der Waals surface area (Å²) in [5.41, 5.74) is 0.994. The molecule has 1 amide bonds. The molecule has 0 aliphatic heterocycles. The first kappa shape index (κ1) is 14.4. The van der Waals surface area contributed by atoms with E-state index < -0.39 is 0 Å². The second-order valence-electron chi connectivity index (χ2n) is 4.89. The molecular formula is C15H20ClNO2. The summed E-state index contributed by atoms with van der Waals surface area (Å²) in [5, 5.41) is 0.713. The van der Waals surface area contributed by atoms with Crippen molar-refractivity contribution in [3.63, 3.8) is 0 Å². The number of nitrogens with zero attached hydrogens (tertiary/aromatic N) is 1. The Bertz CT molecular complexity index is 446. The predicted molar refractivity (Wildman–Crippen MR) is 76.1 cm³/mol. The zero-order valence-electron chi connectivity index (χ0n) is 11.4. The zero-order chi connectivity index (χ0) is 13.8. The molecular weight excluding hydrogens is 262 g/mol. The lowest BCUT2D eigenvalue weighted by Crippen LogP contribution is -2.40. The van der Waals surface area contributed by atoms with Crippen LogP contribution in [0.1, 0.15) is 32.3 Å². The Kier molecular flexibility index (Phi) is 4.83. The summed E-state index contributed by atoms with van der Waals surface area (Å²) in [6.45, 7) is 4.84. The van der Waals surface area contributed by atoms with E-state index in [2.05, 4.69) is 0 Å². The molecule has 0 saturated heterocycles. The summed E-state index contributed by atoms with van der Waals surface area (Å²) in [6, 6.07) is 8.03. The third-order valence-corrected chi connectivity index (χ3v) is 3.70. The number of benzene rings is 1. The van der Waals surface area contributed by atoms with Crippen LogP contribution in [0.3, 0.4) is 0 Å². The van der Waals surface area contributed by atoms with Crippen molar-refractivity contribution in [2.75, 3.05) is 6.61 Å². The fourth-order valence-corrected chi connectivity index (χ4v) is 2.33. The van der Waals surface area contributed by atoms with Crippen molar-refractivity contribution in [1.29, 1.82) is 0 Å². The Labute approximate surface area is 119 Å². The molecule has 0 unspecified atom stereocenters. The minimum Gasteiger partial charge on any atom is -0.369 e. The van der Waals surface area contributed by atoms with Gasteiger partial charge in [-0.3, -0.25) is 4.79 Å². The van der Waals surface area contributed by atoms with Crippen molar-refractivity contribution in [3.05, 3.63) is 34.9 Å². The highest BCUT2D eigenvalue weighted by Crippen LogP contribution is 2.30. The standard InChI is InChI=1S/C15H20ClNO2/c1-3-19-11(2)15(18)17(13-8-9-13)10-12-6-4-5-7-14(12)16/h4-7,11,13H,3,8-10H2,1-2H3/t11-/m0/s1. The molecule has 4 heteroatoms. The van der Waals surface area contributed by atoms with Crippen LogP contribution in [-0.2, 0) is 16.1 Å². The molecule has 104 valence electrons. The van der Waals surface area contributed by atoms with E-state index in [0.717, 1.165) is 18.4 Å². The predicted octanol–water partition coefficient (Wildman–Crippen LogP) is 3.26. The van der Waals surface area contributed by atoms with Gasteiger partial charge in [-0.1, -0.05) is 29.8 Å². The summed E-state index contributed by atoms with van der Waals surface area (Å²) in [6.07, 6.45) is 1.78. The highest BCUT2D eigenvalue weighted by molar-refractivity contribution is 6.31. The lowest BCUT2D eigenvalue weighted by atomic mass is 10.2. The molecule has 1 saturated carbocycles. The number of carbonyl (C=O) groups excluding carboxylic acids is 1.